The predicted molar refractivity (Wildman–Crippen MR) is 102 cm³/mol. The van der Waals surface area contributed by atoms with Gasteiger partial charge in [0.1, 0.15) is 15.5 Å². The molecular formula is C18H18F3N5O2S. The Kier molecular flexibility index (Phi) is 5.60. The summed E-state index contributed by atoms with van der Waals surface area (Å²) < 4.78 is 62.6. The van der Waals surface area contributed by atoms with Crippen LogP contribution in [0.5, 0.6) is 0 Å². The molecule has 3 aromatic rings. The second kappa shape index (κ2) is 7.82. The van der Waals surface area contributed by atoms with E-state index in [9.17, 15) is 21.6 Å². The van der Waals surface area contributed by atoms with Gasteiger partial charge in [-0.25, -0.2) is 18.4 Å². The number of anilines is 2. The molecule has 0 radical (unpaired) electrons. The molecule has 0 aliphatic rings. The molecule has 11 heteroatoms. The zero-order valence-electron chi connectivity index (χ0n) is 15.6. The zero-order chi connectivity index (χ0) is 21.2. The van der Waals surface area contributed by atoms with Crippen LogP contribution in [0.15, 0.2) is 42.9 Å². The first kappa shape index (κ1) is 20.8. The molecule has 2 heterocycles. The van der Waals surface area contributed by atoms with Crippen LogP contribution in [0.4, 0.5) is 24.8 Å². The molecule has 0 unspecified atom stereocenters. The summed E-state index contributed by atoms with van der Waals surface area (Å²) >= 11 is 0. The maximum absolute atomic E-state index is 12.8. The SMILES string of the molecule is Cc1cc(Nc2nccc(C(F)(F)F)n2)cc(-c2cnn(CCS(C)(=O)=O)c2)c1. The highest BCUT2D eigenvalue weighted by Gasteiger charge is 2.32. The average molecular weight is 425 g/mol. The number of aromatic nitrogens is 4. The summed E-state index contributed by atoms with van der Waals surface area (Å²) in [6, 6.07) is 6.17. The number of aryl methyl sites for hydroxylation is 2. The molecule has 29 heavy (non-hydrogen) atoms. The molecule has 1 aromatic carbocycles. The first-order valence-electron chi connectivity index (χ1n) is 8.49. The highest BCUT2D eigenvalue weighted by Crippen LogP contribution is 2.29. The van der Waals surface area contributed by atoms with Crippen molar-refractivity contribution in [1.29, 1.82) is 0 Å². The predicted octanol–water partition coefficient (Wildman–Crippen LogP) is 3.46. The van der Waals surface area contributed by atoms with Crippen molar-refractivity contribution >= 4 is 21.5 Å². The summed E-state index contributed by atoms with van der Waals surface area (Å²) in [5.41, 5.74) is 1.86. The van der Waals surface area contributed by atoms with Gasteiger partial charge < -0.3 is 5.32 Å². The molecular weight excluding hydrogens is 407 g/mol. The number of alkyl halides is 3. The first-order chi connectivity index (χ1) is 13.5. The number of nitrogens with zero attached hydrogens (tertiary/aromatic N) is 4. The Bertz CT molecular complexity index is 1130. The minimum absolute atomic E-state index is 0.0262. The Morgan fingerprint density at radius 3 is 2.62 bits per heavy atom. The van der Waals surface area contributed by atoms with E-state index in [1.54, 1.807) is 24.5 Å². The molecule has 0 fully saturated rings. The lowest BCUT2D eigenvalue weighted by atomic mass is 10.1. The van der Waals surface area contributed by atoms with E-state index in [4.69, 9.17) is 0 Å². The van der Waals surface area contributed by atoms with E-state index < -0.39 is 21.7 Å². The van der Waals surface area contributed by atoms with Gasteiger partial charge in [0, 0.05) is 29.9 Å². The second-order valence-electron chi connectivity index (χ2n) is 6.60. The number of hydrogen-bond donors (Lipinski definition) is 1. The maximum Gasteiger partial charge on any atom is 0.433 e. The molecule has 3 rings (SSSR count). The van der Waals surface area contributed by atoms with Crippen molar-refractivity contribution in [3.05, 3.63) is 54.1 Å². The van der Waals surface area contributed by atoms with Crippen molar-refractivity contribution in [3.8, 4) is 11.1 Å². The fraction of sp³-hybridized carbons (Fsp3) is 0.278. The maximum atomic E-state index is 12.8. The molecule has 0 amide bonds. The van der Waals surface area contributed by atoms with Crippen LogP contribution >= 0.6 is 0 Å². The van der Waals surface area contributed by atoms with Gasteiger partial charge in [0.05, 0.1) is 18.5 Å². The summed E-state index contributed by atoms with van der Waals surface area (Å²) in [6.45, 7) is 2.07. The third kappa shape index (κ3) is 5.76. The third-order valence-electron chi connectivity index (χ3n) is 3.94. The van der Waals surface area contributed by atoms with Gasteiger partial charge in [0.15, 0.2) is 0 Å². The lowest BCUT2D eigenvalue weighted by Gasteiger charge is -2.10. The van der Waals surface area contributed by atoms with Gasteiger partial charge in [-0.2, -0.15) is 18.3 Å². The molecule has 0 saturated carbocycles. The van der Waals surface area contributed by atoms with Crippen LogP contribution < -0.4 is 5.32 Å². The molecule has 154 valence electrons. The Morgan fingerprint density at radius 2 is 1.93 bits per heavy atom. The molecule has 0 spiro atoms. The zero-order valence-corrected chi connectivity index (χ0v) is 16.4. The van der Waals surface area contributed by atoms with Gasteiger partial charge in [-0.1, -0.05) is 6.07 Å². The average Bonchev–Trinajstić information content (AvgIpc) is 3.08. The van der Waals surface area contributed by atoms with Crippen LogP contribution in [0.3, 0.4) is 0 Å². The fourth-order valence-corrected chi connectivity index (χ4v) is 3.14. The Labute approximate surface area is 165 Å². The van der Waals surface area contributed by atoms with Gasteiger partial charge in [0.2, 0.25) is 5.95 Å². The van der Waals surface area contributed by atoms with Crippen molar-refractivity contribution in [2.45, 2.75) is 19.6 Å². The van der Waals surface area contributed by atoms with E-state index >= 15 is 0 Å². The monoisotopic (exact) mass is 425 g/mol. The van der Waals surface area contributed by atoms with Crippen LogP contribution in [0.25, 0.3) is 11.1 Å². The largest absolute Gasteiger partial charge is 0.433 e. The minimum Gasteiger partial charge on any atom is -0.324 e. The third-order valence-corrected chi connectivity index (χ3v) is 4.86. The summed E-state index contributed by atoms with van der Waals surface area (Å²) in [5, 5.41) is 6.95. The standard InChI is InChI=1S/C18H18F3N5O2S/c1-12-7-13(14-10-23-26(11-14)5-6-29(2,27)28)9-15(8-12)24-17-22-4-3-16(25-17)18(19,20)21/h3-4,7-11H,5-6H2,1-2H3,(H,22,24,25). The Balaban J connectivity index is 1.83. The lowest BCUT2D eigenvalue weighted by molar-refractivity contribution is -0.141. The smallest absolute Gasteiger partial charge is 0.324 e. The van der Waals surface area contributed by atoms with Crippen LogP contribution in [0.2, 0.25) is 0 Å². The summed E-state index contributed by atoms with van der Waals surface area (Å²) in [5.74, 6) is -0.193. The number of sulfone groups is 1. The molecule has 0 atom stereocenters. The Morgan fingerprint density at radius 1 is 1.17 bits per heavy atom. The van der Waals surface area contributed by atoms with Crippen LogP contribution in [-0.2, 0) is 22.6 Å². The van der Waals surface area contributed by atoms with Gasteiger partial charge in [-0.3, -0.25) is 4.68 Å². The van der Waals surface area contributed by atoms with E-state index in [0.717, 1.165) is 35.2 Å². The van der Waals surface area contributed by atoms with Gasteiger partial charge in [0.25, 0.3) is 0 Å². The first-order valence-corrected chi connectivity index (χ1v) is 10.6. The van der Waals surface area contributed by atoms with Crippen molar-refractivity contribution in [3.63, 3.8) is 0 Å². The van der Waals surface area contributed by atoms with E-state index in [2.05, 4.69) is 20.4 Å². The molecule has 0 bridgehead atoms. The second-order valence-corrected chi connectivity index (χ2v) is 8.86. The number of benzene rings is 1. The van der Waals surface area contributed by atoms with Crippen molar-refractivity contribution in [2.75, 3.05) is 17.3 Å². The topological polar surface area (TPSA) is 89.8 Å². The normalized spacial score (nSPS) is 12.2. The highest BCUT2D eigenvalue weighted by molar-refractivity contribution is 7.90. The Hall–Kier alpha value is -2.95. The van der Waals surface area contributed by atoms with Crippen LogP contribution in [-0.4, -0.2) is 40.2 Å². The van der Waals surface area contributed by atoms with Crippen molar-refractivity contribution < 1.29 is 21.6 Å². The molecule has 7 nitrogen and oxygen atoms in total. The van der Waals surface area contributed by atoms with Gasteiger partial charge in [-0.15, -0.1) is 0 Å². The van der Waals surface area contributed by atoms with E-state index in [1.165, 1.54) is 4.68 Å². The number of rotatable bonds is 6. The summed E-state index contributed by atoms with van der Waals surface area (Å²) in [6.07, 6.45) is 0.955. The summed E-state index contributed by atoms with van der Waals surface area (Å²) in [7, 11) is -3.10. The molecule has 0 aliphatic heterocycles. The van der Waals surface area contributed by atoms with E-state index in [-0.39, 0.29) is 18.2 Å². The molecule has 0 aliphatic carbocycles. The number of nitrogens with one attached hydrogen (secondary N) is 1. The molecule has 2 aromatic heterocycles. The van der Waals surface area contributed by atoms with E-state index in [0.29, 0.717) is 5.69 Å². The number of hydrogen-bond acceptors (Lipinski definition) is 6. The van der Waals surface area contributed by atoms with Crippen LogP contribution in [0, 0.1) is 6.92 Å². The minimum atomic E-state index is -4.56. The summed E-state index contributed by atoms with van der Waals surface area (Å²) in [4.78, 5) is 7.34. The van der Waals surface area contributed by atoms with Gasteiger partial charge >= 0.3 is 6.18 Å². The van der Waals surface area contributed by atoms with Gasteiger partial charge in [-0.05, 0) is 36.2 Å². The van der Waals surface area contributed by atoms with Crippen molar-refractivity contribution in [1.82, 2.24) is 19.7 Å². The number of halogens is 3. The highest BCUT2D eigenvalue weighted by atomic mass is 32.2. The lowest BCUT2D eigenvalue weighted by Crippen LogP contribution is -2.11. The van der Waals surface area contributed by atoms with E-state index in [1.807, 2.05) is 13.0 Å². The quantitative estimate of drug-likeness (QED) is 0.651. The fourth-order valence-electron chi connectivity index (χ4n) is 2.62. The van der Waals surface area contributed by atoms with Crippen LogP contribution in [0.1, 0.15) is 11.3 Å². The molecule has 0 saturated heterocycles. The molecule has 1 N–H and O–H groups in total. The van der Waals surface area contributed by atoms with Crippen molar-refractivity contribution in [2.24, 2.45) is 0 Å².